The number of hydrogen-bond donors (Lipinski definition) is 1. The van der Waals surface area contributed by atoms with Crippen LogP contribution >= 0.6 is 22.9 Å². The topological polar surface area (TPSA) is 29.9 Å². The minimum atomic E-state index is 0.213. The van der Waals surface area contributed by atoms with Gasteiger partial charge in [-0.3, -0.25) is 0 Å². The summed E-state index contributed by atoms with van der Waals surface area (Å²) in [7, 11) is 0. The maximum absolute atomic E-state index is 5.98. The highest BCUT2D eigenvalue weighted by molar-refractivity contribution is 7.16. The molecule has 19 heavy (non-hydrogen) atoms. The van der Waals surface area contributed by atoms with Crippen LogP contribution in [0.2, 0.25) is 4.34 Å². The number of rotatable bonds is 5. The molecule has 0 radical (unpaired) electrons. The maximum atomic E-state index is 5.98. The SMILES string of the molecule is Cc1cn(CC(C)C)c(NC(C)c2ccc(Cl)s2)n1. The molecule has 3 nitrogen and oxygen atoms in total. The third kappa shape index (κ3) is 3.74. The first-order valence-corrected chi connectivity index (χ1v) is 7.70. The van der Waals surface area contributed by atoms with Crippen LogP contribution in [0.15, 0.2) is 18.3 Å². The summed E-state index contributed by atoms with van der Waals surface area (Å²) in [5.41, 5.74) is 1.04. The Balaban J connectivity index is 2.14. The van der Waals surface area contributed by atoms with Crippen molar-refractivity contribution in [2.24, 2.45) is 5.92 Å². The van der Waals surface area contributed by atoms with E-state index in [-0.39, 0.29) is 6.04 Å². The minimum absolute atomic E-state index is 0.213. The molecule has 1 atom stereocenters. The van der Waals surface area contributed by atoms with Crippen LogP contribution < -0.4 is 5.32 Å². The Morgan fingerprint density at radius 3 is 2.68 bits per heavy atom. The Morgan fingerprint density at radius 2 is 2.11 bits per heavy atom. The van der Waals surface area contributed by atoms with Crippen molar-refractivity contribution >= 4 is 28.9 Å². The highest BCUT2D eigenvalue weighted by atomic mass is 35.5. The van der Waals surface area contributed by atoms with Crippen molar-refractivity contribution < 1.29 is 0 Å². The molecule has 0 bridgehead atoms. The lowest BCUT2D eigenvalue weighted by Gasteiger charge is -2.15. The molecule has 0 amide bonds. The summed E-state index contributed by atoms with van der Waals surface area (Å²) in [5, 5.41) is 3.47. The molecule has 0 saturated carbocycles. The van der Waals surface area contributed by atoms with Crippen LogP contribution in [0.1, 0.15) is 37.4 Å². The lowest BCUT2D eigenvalue weighted by Crippen LogP contribution is -2.12. The molecule has 0 fully saturated rings. The molecule has 1 unspecified atom stereocenters. The number of nitrogens with zero attached hydrogens (tertiary/aromatic N) is 2. The van der Waals surface area contributed by atoms with E-state index in [1.807, 2.05) is 13.0 Å². The Morgan fingerprint density at radius 1 is 1.37 bits per heavy atom. The Hall–Kier alpha value is -1.00. The van der Waals surface area contributed by atoms with Crippen molar-refractivity contribution in [3.8, 4) is 0 Å². The average molecular weight is 298 g/mol. The first kappa shape index (κ1) is 14.4. The number of nitrogens with one attached hydrogen (secondary N) is 1. The van der Waals surface area contributed by atoms with Crippen LogP contribution in [0, 0.1) is 12.8 Å². The number of hydrogen-bond acceptors (Lipinski definition) is 3. The van der Waals surface area contributed by atoms with Crippen molar-refractivity contribution in [1.82, 2.24) is 9.55 Å². The van der Waals surface area contributed by atoms with E-state index < -0.39 is 0 Å². The normalized spacial score (nSPS) is 12.9. The van der Waals surface area contributed by atoms with E-state index in [0.29, 0.717) is 5.92 Å². The number of aryl methyl sites for hydroxylation is 1. The molecule has 104 valence electrons. The largest absolute Gasteiger partial charge is 0.348 e. The van der Waals surface area contributed by atoms with E-state index in [2.05, 4.69) is 47.9 Å². The van der Waals surface area contributed by atoms with Crippen LogP contribution in [0.3, 0.4) is 0 Å². The molecule has 0 spiro atoms. The van der Waals surface area contributed by atoms with Crippen LogP contribution in [0.5, 0.6) is 0 Å². The molecular formula is C14H20ClN3S. The van der Waals surface area contributed by atoms with E-state index in [4.69, 9.17) is 11.6 Å². The summed E-state index contributed by atoms with van der Waals surface area (Å²) >= 11 is 7.59. The van der Waals surface area contributed by atoms with Gasteiger partial charge in [-0.1, -0.05) is 25.4 Å². The number of thiophene rings is 1. The first-order chi connectivity index (χ1) is 8.95. The third-order valence-electron chi connectivity index (χ3n) is 2.83. The van der Waals surface area contributed by atoms with E-state index in [9.17, 15) is 0 Å². The maximum Gasteiger partial charge on any atom is 0.203 e. The molecule has 0 saturated heterocycles. The highest BCUT2D eigenvalue weighted by Gasteiger charge is 2.13. The van der Waals surface area contributed by atoms with Gasteiger partial charge in [-0.15, -0.1) is 11.3 Å². The van der Waals surface area contributed by atoms with Crippen molar-refractivity contribution in [3.63, 3.8) is 0 Å². The first-order valence-electron chi connectivity index (χ1n) is 6.51. The molecule has 1 N–H and O–H groups in total. The summed E-state index contributed by atoms with van der Waals surface area (Å²) in [4.78, 5) is 5.78. The predicted molar refractivity (Wildman–Crippen MR) is 83.2 cm³/mol. The molecule has 0 aliphatic carbocycles. The van der Waals surface area contributed by atoms with Gasteiger partial charge in [0.2, 0.25) is 5.95 Å². The zero-order valence-electron chi connectivity index (χ0n) is 11.8. The van der Waals surface area contributed by atoms with Crippen LogP contribution in [-0.4, -0.2) is 9.55 Å². The zero-order chi connectivity index (χ0) is 14.0. The molecule has 0 aliphatic heterocycles. The fourth-order valence-corrected chi connectivity index (χ4v) is 3.08. The van der Waals surface area contributed by atoms with Crippen LogP contribution in [0.4, 0.5) is 5.95 Å². The Bertz CT molecular complexity index is 545. The molecule has 5 heteroatoms. The van der Waals surface area contributed by atoms with Gasteiger partial charge in [-0.05, 0) is 31.9 Å². The minimum Gasteiger partial charge on any atom is -0.348 e. The number of anilines is 1. The Kier molecular flexibility index (Phi) is 4.53. The summed E-state index contributed by atoms with van der Waals surface area (Å²) in [6.45, 7) is 9.55. The Labute approximate surface area is 123 Å². The van der Waals surface area contributed by atoms with Gasteiger partial charge in [0, 0.05) is 17.6 Å². The smallest absolute Gasteiger partial charge is 0.203 e. The second-order valence-electron chi connectivity index (χ2n) is 5.26. The quantitative estimate of drug-likeness (QED) is 0.864. The van der Waals surface area contributed by atoms with Crippen molar-refractivity contribution in [2.75, 3.05) is 5.32 Å². The summed E-state index contributed by atoms with van der Waals surface area (Å²) in [6, 6.07) is 4.21. The predicted octanol–water partition coefficient (Wildman–Crippen LogP) is 4.74. The second kappa shape index (κ2) is 5.97. The third-order valence-corrected chi connectivity index (χ3v) is 4.24. The molecular weight excluding hydrogens is 278 g/mol. The fraction of sp³-hybridized carbons (Fsp3) is 0.500. The number of imidazole rings is 1. The molecule has 2 rings (SSSR count). The molecule has 0 aliphatic rings. The highest BCUT2D eigenvalue weighted by Crippen LogP contribution is 2.28. The van der Waals surface area contributed by atoms with E-state index in [1.54, 1.807) is 11.3 Å². The van der Waals surface area contributed by atoms with E-state index >= 15 is 0 Å². The molecule has 2 aromatic heterocycles. The van der Waals surface area contributed by atoms with Gasteiger partial charge < -0.3 is 9.88 Å². The van der Waals surface area contributed by atoms with Gasteiger partial charge in [0.05, 0.1) is 16.1 Å². The molecule has 0 aromatic carbocycles. The zero-order valence-corrected chi connectivity index (χ0v) is 13.3. The monoisotopic (exact) mass is 297 g/mol. The summed E-state index contributed by atoms with van der Waals surface area (Å²) in [5.74, 6) is 1.53. The van der Waals surface area contributed by atoms with Crippen LogP contribution in [-0.2, 0) is 6.54 Å². The summed E-state index contributed by atoms with van der Waals surface area (Å²) < 4.78 is 3.01. The van der Waals surface area contributed by atoms with Crippen molar-refractivity contribution in [2.45, 2.75) is 40.3 Å². The van der Waals surface area contributed by atoms with Gasteiger partial charge in [0.15, 0.2) is 0 Å². The van der Waals surface area contributed by atoms with Gasteiger partial charge in [0.1, 0.15) is 0 Å². The van der Waals surface area contributed by atoms with Crippen LogP contribution in [0.25, 0.3) is 0 Å². The van der Waals surface area contributed by atoms with Gasteiger partial charge in [-0.2, -0.15) is 0 Å². The molecule has 2 heterocycles. The van der Waals surface area contributed by atoms with E-state index in [0.717, 1.165) is 22.5 Å². The summed E-state index contributed by atoms with van der Waals surface area (Å²) in [6.07, 6.45) is 2.09. The van der Waals surface area contributed by atoms with Crippen molar-refractivity contribution in [3.05, 3.63) is 33.2 Å². The lowest BCUT2D eigenvalue weighted by molar-refractivity contribution is 0.524. The second-order valence-corrected chi connectivity index (χ2v) is 7.01. The lowest BCUT2D eigenvalue weighted by atomic mass is 10.2. The van der Waals surface area contributed by atoms with Gasteiger partial charge in [-0.25, -0.2) is 4.98 Å². The standard InChI is InChI=1S/C14H20ClN3S/c1-9(2)7-18-8-10(3)16-14(18)17-11(4)12-5-6-13(15)19-12/h5-6,8-9,11H,7H2,1-4H3,(H,16,17). The van der Waals surface area contributed by atoms with Crippen molar-refractivity contribution in [1.29, 1.82) is 0 Å². The fourth-order valence-electron chi connectivity index (χ4n) is 2.02. The molecule has 2 aromatic rings. The average Bonchev–Trinajstić information content (AvgIpc) is 2.85. The number of halogens is 1. The van der Waals surface area contributed by atoms with E-state index in [1.165, 1.54) is 4.88 Å². The van der Waals surface area contributed by atoms with Gasteiger partial charge >= 0.3 is 0 Å². The number of aromatic nitrogens is 2. The van der Waals surface area contributed by atoms with Gasteiger partial charge in [0.25, 0.3) is 0 Å².